The quantitative estimate of drug-likeness (QED) is 0.784. The molecule has 6 heteroatoms. The molecule has 1 N–H and O–H groups in total. The van der Waals surface area contributed by atoms with Gasteiger partial charge in [0.1, 0.15) is 5.75 Å². The van der Waals surface area contributed by atoms with Crippen LogP contribution in [0.2, 0.25) is 5.02 Å². The van der Waals surface area contributed by atoms with Gasteiger partial charge in [-0.05, 0) is 51.5 Å². The van der Waals surface area contributed by atoms with Gasteiger partial charge in [-0.25, -0.2) is 5.01 Å². The zero-order valence-corrected chi connectivity index (χ0v) is 17.1. The molecule has 0 atom stereocenters. The molecule has 0 radical (unpaired) electrons. The van der Waals surface area contributed by atoms with Crippen molar-refractivity contribution in [1.82, 2.24) is 10.4 Å². The highest BCUT2D eigenvalue weighted by Gasteiger charge is 2.31. The molecule has 2 aromatic rings. The van der Waals surface area contributed by atoms with Gasteiger partial charge in [0.15, 0.2) is 0 Å². The molecule has 0 aliphatic rings. The Kier molecular flexibility index (Phi) is 6.50. The maximum absolute atomic E-state index is 13.1. The lowest BCUT2D eigenvalue weighted by atomic mass is 10.0. The molecule has 2 aromatic carbocycles. The number of hydrazine groups is 1. The van der Waals surface area contributed by atoms with Gasteiger partial charge in [0.05, 0.1) is 23.2 Å². The highest BCUT2D eigenvalue weighted by molar-refractivity contribution is 6.33. The number of methoxy groups -OCH3 is 1. The highest BCUT2D eigenvalue weighted by atomic mass is 35.5. The minimum absolute atomic E-state index is 0.329. The van der Waals surface area contributed by atoms with E-state index in [1.807, 2.05) is 33.8 Å². The maximum atomic E-state index is 13.1. The van der Waals surface area contributed by atoms with E-state index in [1.165, 1.54) is 5.01 Å². The predicted octanol–water partition coefficient (Wildman–Crippen LogP) is 4.50. The fourth-order valence-electron chi connectivity index (χ4n) is 2.77. The average molecular weight is 389 g/mol. The highest BCUT2D eigenvalue weighted by Crippen LogP contribution is 2.24. The normalized spacial score (nSPS) is 11.0. The SMILES string of the molecule is CCc1c(OC)cccc1C(=O)NN(C(=O)c1ccccc1Cl)C(C)(C)C. The van der Waals surface area contributed by atoms with E-state index in [4.69, 9.17) is 16.3 Å². The number of benzene rings is 2. The average Bonchev–Trinajstić information content (AvgIpc) is 2.64. The van der Waals surface area contributed by atoms with Crippen LogP contribution in [0.1, 0.15) is 54.0 Å². The number of hydrogen-bond donors (Lipinski definition) is 1. The molecule has 2 amide bonds. The van der Waals surface area contributed by atoms with Crippen LogP contribution in [0.3, 0.4) is 0 Å². The summed E-state index contributed by atoms with van der Waals surface area (Å²) < 4.78 is 5.35. The molecule has 5 nitrogen and oxygen atoms in total. The molecule has 0 aliphatic carbocycles. The van der Waals surface area contributed by atoms with E-state index >= 15 is 0 Å². The lowest BCUT2D eigenvalue weighted by Crippen LogP contribution is -2.56. The lowest BCUT2D eigenvalue weighted by molar-refractivity contribution is 0.0358. The van der Waals surface area contributed by atoms with Crippen molar-refractivity contribution in [3.05, 3.63) is 64.2 Å². The number of carbonyl (C=O) groups excluding carboxylic acids is 2. The number of amides is 2. The number of ether oxygens (including phenoxy) is 1. The summed E-state index contributed by atoms with van der Waals surface area (Å²) >= 11 is 6.18. The van der Waals surface area contributed by atoms with Gasteiger partial charge in [0.2, 0.25) is 0 Å². The molecular formula is C21H25ClN2O3. The molecule has 0 aromatic heterocycles. The first-order chi connectivity index (χ1) is 12.7. The van der Waals surface area contributed by atoms with Crippen LogP contribution in [0.4, 0.5) is 0 Å². The first-order valence-corrected chi connectivity index (χ1v) is 9.14. The van der Waals surface area contributed by atoms with Crippen molar-refractivity contribution in [3.63, 3.8) is 0 Å². The van der Waals surface area contributed by atoms with Crippen molar-refractivity contribution in [2.24, 2.45) is 0 Å². The van der Waals surface area contributed by atoms with Crippen LogP contribution < -0.4 is 10.2 Å². The Morgan fingerprint density at radius 1 is 1.07 bits per heavy atom. The van der Waals surface area contributed by atoms with Crippen LogP contribution >= 0.6 is 11.6 Å². The summed E-state index contributed by atoms with van der Waals surface area (Å²) in [4.78, 5) is 26.0. The third kappa shape index (κ3) is 4.61. The molecule has 0 saturated carbocycles. The maximum Gasteiger partial charge on any atom is 0.274 e. The molecule has 0 bridgehead atoms. The van der Waals surface area contributed by atoms with Gasteiger partial charge in [-0.15, -0.1) is 0 Å². The third-order valence-electron chi connectivity index (χ3n) is 4.14. The summed E-state index contributed by atoms with van der Waals surface area (Å²) in [7, 11) is 1.57. The fraction of sp³-hybridized carbons (Fsp3) is 0.333. The Morgan fingerprint density at radius 3 is 2.26 bits per heavy atom. The van der Waals surface area contributed by atoms with E-state index < -0.39 is 5.54 Å². The van der Waals surface area contributed by atoms with Crippen molar-refractivity contribution >= 4 is 23.4 Å². The molecule has 144 valence electrons. The fourth-order valence-corrected chi connectivity index (χ4v) is 2.99. The van der Waals surface area contributed by atoms with Crippen LogP contribution in [0.5, 0.6) is 5.75 Å². The van der Waals surface area contributed by atoms with Gasteiger partial charge in [0.25, 0.3) is 11.8 Å². The molecule has 27 heavy (non-hydrogen) atoms. The minimum atomic E-state index is -0.656. The van der Waals surface area contributed by atoms with Crippen molar-refractivity contribution in [3.8, 4) is 5.75 Å². The van der Waals surface area contributed by atoms with Crippen molar-refractivity contribution in [2.75, 3.05) is 7.11 Å². The molecule has 0 spiro atoms. The minimum Gasteiger partial charge on any atom is -0.496 e. The van der Waals surface area contributed by atoms with Gasteiger partial charge < -0.3 is 4.74 Å². The molecule has 2 rings (SSSR count). The second kappa shape index (κ2) is 8.44. The van der Waals surface area contributed by atoms with Crippen LogP contribution in [0.25, 0.3) is 0 Å². The summed E-state index contributed by atoms with van der Waals surface area (Å²) in [5, 5.41) is 1.65. The Morgan fingerprint density at radius 2 is 1.70 bits per heavy atom. The molecular weight excluding hydrogens is 364 g/mol. The van der Waals surface area contributed by atoms with Gasteiger partial charge in [-0.1, -0.05) is 36.7 Å². The zero-order chi connectivity index (χ0) is 20.2. The van der Waals surface area contributed by atoms with Crippen molar-refractivity contribution in [2.45, 2.75) is 39.7 Å². The van der Waals surface area contributed by atoms with Gasteiger partial charge in [0, 0.05) is 11.1 Å². The molecule has 0 saturated heterocycles. The van der Waals surface area contributed by atoms with E-state index in [-0.39, 0.29) is 11.8 Å². The number of rotatable bonds is 4. The first-order valence-electron chi connectivity index (χ1n) is 8.76. The smallest absolute Gasteiger partial charge is 0.274 e. The summed E-state index contributed by atoms with van der Waals surface area (Å²) in [5.41, 5.74) is 3.69. The predicted molar refractivity (Wildman–Crippen MR) is 107 cm³/mol. The Balaban J connectivity index is 2.40. The van der Waals surface area contributed by atoms with Crippen LogP contribution in [0.15, 0.2) is 42.5 Å². The summed E-state index contributed by atoms with van der Waals surface area (Å²) in [6.07, 6.45) is 0.626. The lowest BCUT2D eigenvalue weighted by Gasteiger charge is -2.36. The molecule has 0 unspecified atom stereocenters. The van der Waals surface area contributed by atoms with Gasteiger partial charge >= 0.3 is 0 Å². The number of halogens is 1. The Bertz CT molecular complexity index is 844. The van der Waals surface area contributed by atoms with E-state index in [1.54, 1.807) is 43.5 Å². The number of nitrogens with zero attached hydrogens (tertiary/aromatic N) is 1. The molecule has 0 heterocycles. The monoisotopic (exact) mass is 388 g/mol. The van der Waals surface area contributed by atoms with E-state index in [9.17, 15) is 9.59 Å². The third-order valence-corrected chi connectivity index (χ3v) is 4.47. The number of nitrogens with one attached hydrogen (secondary N) is 1. The molecule has 0 aliphatic heterocycles. The summed E-state index contributed by atoms with van der Waals surface area (Å²) in [5.74, 6) is -0.103. The summed E-state index contributed by atoms with van der Waals surface area (Å²) in [6, 6.07) is 12.1. The second-order valence-electron chi connectivity index (χ2n) is 7.07. The van der Waals surface area contributed by atoms with E-state index in [0.717, 1.165) is 5.56 Å². The van der Waals surface area contributed by atoms with Crippen LogP contribution in [0, 0.1) is 0 Å². The Hall–Kier alpha value is -2.53. The topological polar surface area (TPSA) is 58.6 Å². The van der Waals surface area contributed by atoms with Gasteiger partial charge in [-0.3, -0.25) is 15.0 Å². The Labute approximate surface area is 165 Å². The van der Waals surface area contributed by atoms with E-state index in [0.29, 0.717) is 28.3 Å². The number of hydrogen-bond acceptors (Lipinski definition) is 3. The van der Waals surface area contributed by atoms with Crippen molar-refractivity contribution < 1.29 is 14.3 Å². The zero-order valence-electron chi connectivity index (χ0n) is 16.3. The second-order valence-corrected chi connectivity index (χ2v) is 7.48. The van der Waals surface area contributed by atoms with Crippen molar-refractivity contribution in [1.29, 1.82) is 0 Å². The molecule has 0 fully saturated rings. The largest absolute Gasteiger partial charge is 0.496 e. The van der Waals surface area contributed by atoms with Gasteiger partial charge in [-0.2, -0.15) is 0 Å². The number of carbonyl (C=O) groups is 2. The van der Waals surface area contributed by atoms with Crippen LogP contribution in [-0.4, -0.2) is 29.5 Å². The standard InChI is InChI=1S/C21H25ClN2O3/c1-6-14-15(11-9-13-18(14)27-5)19(25)23-24(21(2,3)4)20(26)16-10-7-8-12-17(16)22/h7-13H,6H2,1-5H3,(H,23,25). The summed E-state index contributed by atoms with van der Waals surface area (Å²) in [6.45, 7) is 7.47. The first kappa shape index (κ1) is 20.8. The van der Waals surface area contributed by atoms with Crippen LogP contribution in [-0.2, 0) is 6.42 Å². The van der Waals surface area contributed by atoms with E-state index in [2.05, 4.69) is 5.43 Å².